The van der Waals surface area contributed by atoms with Crippen molar-refractivity contribution in [3.8, 4) is 22.1 Å². The van der Waals surface area contributed by atoms with Gasteiger partial charge in [0.2, 0.25) is 0 Å². The normalized spacial score (nSPS) is 14.1. The fourth-order valence-corrected chi connectivity index (χ4v) is 7.20. The van der Waals surface area contributed by atoms with Gasteiger partial charge in [0.05, 0.1) is 27.9 Å². The molecule has 1 aliphatic heterocycles. The van der Waals surface area contributed by atoms with Crippen molar-refractivity contribution in [2.24, 2.45) is 0 Å². The first-order chi connectivity index (χ1) is 18.7. The Bertz CT molecular complexity index is 1920. The van der Waals surface area contributed by atoms with Crippen LogP contribution in [0.2, 0.25) is 0 Å². The zero-order valence-electron chi connectivity index (χ0n) is 20.5. The summed E-state index contributed by atoms with van der Waals surface area (Å²) >= 11 is 1.53. The van der Waals surface area contributed by atoms with Gasteiger partial charge in [0.25, 0.3) is 11.1 Å². The second-order valence-electron chi connectivity index (χ2n) is 9.87. The third-order valence-electron chi connectivity index (χ3n) is 7.86. The number of hydrogen-bond acceptors (Lipinski definition) is 5. The van der Waals surface area contributed by atoms with Crippen LogP contribution in [0.25, 0.3) is 43.1 Å². The summed E-state index contributed by atoms with van der Waals surface area (Å²) in [7, 11) is 0. The topological polar surface area (TPSA) is 76.4 Å². The Morgan fingerprint density at radius 2 is 1.87 bits per heavy atom. The molecule has 0 bridgehead atoms. The molecule has 0 fully saturated rings. The van der Waals surface area contributed by atoms with E-state index in [0.29, 0.717) is 18.3 Å². The van der Waals surface area contributed by atoms with E-state index in [1.54, 1.807) is 0 Å². The minimum Gasteiger partial charge on any atom is -0.431 e. The minimum atomic E-state index is -0.0141. The van der Waals surface area contributed by atoms with Gasteiger partial charge in [-0.3, -0.25) is 4.79 Å². The van der Waals surface area contributed by atoms with Gasteiger partial charge < -0.3 is 19.7 Å². The van der Waals surface area contributed by atoms with E-state index in [0.717, 1.165) is 72.9 Å². The number of aromatic nitrogens is 2. The van der Waals surface area contributed by atoms with E-state index in [2.05, 4.69) is 39.1 Å². The molecular weight excluding hydrogens is 494 g/mol. The molecule has 3 heterocycles. The van der Waals surface area contributed by atoms with Crippen molar-refractivity contribution in [1.29, 1.82) is 0 Å². The van der Waals surface area contributed by atoms with E-state index >= 15 is 0 Å². The van der Waals surface area contributed by atoms with E-state index in [-0.39, 0.29) is 12.5 Å². The molecule has 1 amide bonds. The van der Waals surface area contributed by atoms with Crippen LogP contribution in [0.5, 0.6) is 10.9 Å². The quantitative estimate of drug-likeness (QED) is 0.292. The lowest BCUT2D eigenvalue weighted by Gasteiger charge is -2.25. The molecule has 2 aromatic heterocycles. The third kappa shape index (κ3) is 3.03. The molecule has 186 valence electrons. The van der Waals surface area contributed by atoms with Crippen molar-refractivity contribution in [3.63, 3.8) is 0 Å². The number of para-hydroxylation sites is 2. The number of nitrogens with zero attached hydrogens (tertiary/aromatic N) is 2. The second kappa shape index (κ2) is 8.15. The average Bonchev–Trinajstić information content (AvgIpc) is 3.62. The Hall–Kier alpha value is -4.20. The van der Waals surface area contributed by atoms with Crippen molar-refractivity contribution in [2.45, 2.75) is 25.9 Å². The second-order valence-corrected chi connectivity index (χ2v) is 10.9. The van der Waals surface area contributed by atoms with E-state index in [1.807, 2.05) is 42.5 Å². The number of thiazole rings is 1. The van der Waals surface area contributed by atoms with Gasteiger partial charge in [-0.15, -0.1) is 0 Å². The summed E-state index contributed by atoms with van der Waals surface area (Å²) < 4.78 is 9.52. The minimum absolute atomic E-state index is 0.0141. The predicted molar refractivity (Wildman–Crippen MR) is 150 cm³/mol. The van der Waals surface area contributed by atoms with Gasteiger partial charge >= 0.3 is 0 Å². The van der Waals surface area contributed by atoms with Gasteiger partial charge in [-0.25, -0.2) is 4.98 Å². The van der Waals surface area contributed by atoms with E-state index < -0.39 is 0 Å². The van der Waals surface area contributed by atoms with Crippen molar-refractivity contribution in [1.82, 2.24) is 14.9 Å². The number of benzene rings is 4. The van der Waals surface area contributed by atoms with Crippen LogP contribution in [0, 0.1) is 0 Å². The lowest BCUT2D eigenvalue weighted by molar-refractivity contribution is 0.0966. The Labute approximate surface area is 222 Å². The van der Waals surface area contributed by atoms with Gasteiger partial charge in [-0.1, -0.05) is 47.7 Å². The maximum Gasteiger partial charge on any atom is 0.279 e. The van der Waals surface area contributed by atoms with Crippen LogP contribution in [0.1, 0.15) is 27.0 Å². The summed E-state index contributed by atoms with van der Waals surface area (Å²) in [6.45, 7) is 1.08. The standard InChI is InChI=1S/C31H23N3O3S/c35-14-13-34-24-7-3-1-5-20(24)27-22-16-32-30(36)28(22)26-19-12-10-18(15-17(19)9-11-21(26)29(27)34)37-31-33-23-6-2-4-8-25(23)38-31/h1-8,10,12,15,35H,9,11,13-14,16H2,(H,32,36). The highest BCUT2D eigenvalue weighted by molar-refractivity contribution is 7.20. The van der Waals surface area contributed by atoms with Gasteiger partial charge in [0, 0.05) is 34.9 Å². The Morgan fingerprint density at radius 3 is 2.76 bits per heavy atom. The molecule has 0 saturated carbocycles. The molecule has 0 saturated heterocycles. The first-order valence-electron chi connectivity index (χ1n) is 12.9. The highest BCUT2D eigenvalue weighted by atomic mass is 32.1. The highest BCUT2D eigenvalue weighted by Gasteiger charge is 2.34. The molecular formula is C31H23N3O3S. The van der Waals surface area contributed by atoms with Crippen molar-refractivity contribution < 1.29 is 14.6 Å². The van der Waals surface area contributed by atoms with Crippen LogP contribution in [-0.4, -0.2) is 27.2 Å². The van der Waals surface area contributed by atoms with Crippen molar-refractivity contribution >= 4 is 49.3 Å². The zero-order chi connectivity index (χ0) is 25.4. The summed E-state index contributed by atoms with van der Waals surface area (Å²) in [5.74, 6) is 0.739. The molecule has 2 N–H and O–H groups in total. The van der Waals surface area contributed by atoms with Crippen LogP contribution in [-0.2, 0) is 25.9 Å². The molecule has 0 atom stereocenters. The molecule has 1 aliphatic carbocycles. The number of carbonyl (C=O) groups excluding carboxylic acids is 1. The molecule has 38 heavy (non-hydrogen) atoms. The summed E-state index contributed by atoms with van der Waals surface area (Å²) in [4.78, 5) is 17.9. The number of nitrogens with one attached hydrogen (secondary N) is 1. The average molecular weight is 518 g/mol. The molecule has 0 radical (unpaired) electrons. The van der Waals surface area contributed by atoms with Crippen molar-refractivity contribution in [2.75, 3.05) is 6.61 Å². The zero-order valence-corrected chi connectivity index (χ0v) is 21.3. The first-order valence-corrected chi connectivity index (χ1v) is 13.7. The molecule has 0 unspecified atom stereocenters. The van der Waals surface area contributed by atoms with Crippen molar-refractivity contribution in [3.05, 3.63) is 89.0 Å². The monoisotopic (exact) mass is 517 g/mol. The third-order valence-corrected chi connectivity index (χ3v) is 8.77. The van der Waals surface area contributed by atoms with Gasteiger partial charge in [0.15, 0.2) is 0 Å². The molecule has 2 aliphatic rings. The summed E-state index contributed by atoms with van der Waals surface area (Å²) in [5.41, 5.74) is 9.48. The van der Waals surface area contributed by atoms with Crippen LogP contribution in [0.3, 0.4) is 0 Å². The maximum atomic E-state index is 13.3. The predicted octanol–water partition coefficient (Wildman–Crippen LogP) is 6.20. The Morgan fingerprint density at radius 1 is 1.00 bits per heavy atom. The van der Waals surface area contributed by atoms with Gasteiger partial charge in [-0.2, -0.15) is 0 Å². The SMILES string of the molecule is O=C1NCc2c1c1c(c3c2c2ccccc2n3CCO)CCc2cc(Oc3nc4ccccc4s3)ccc2-1. The Kier molecular flexibility index (Phi) is 4.68. The lowest BCUT2D eigenvalue weighted by Crippen LogP contribution is -2.16. The van der Waals surface area contributed by atoms with Crippen LogP contribution in [0.4, 0.5) is 0 Å². The largest absolute Gasteiger partial charge is 0.431 e. The number of aryl methyl sites for hydroxylation is 2. The van der Waals surface area contributed by atoms with Crippen LogP contribution in [0.15, 0.2) is 66.7 Å². The number of amides is 1. The number of aliphatic hydroxyl groups is 1. The Balaban J connectivity index is 1.33. The number of rotatable bonds is 4. The fraction of sp³-hybridized carbons (Fsp3) is 0.161. The summed E-state index contributed by atoms with van der Waals surface area (Å²) in [5, 5.41) is 15.9. The molecule has 6 aromatic rings. The number of carbonyl (C=O) groups is 1. The van der Waals surface area contributed by atoms with Gasteiger partial charge in [-0.05, 0) is 65.4 Å². The maximum absolute atomic E-state index is 13.3. The number of ether oxygens (including phenoxy) is 1. The fourth-order valence-electron chi connectivity index (χ4n) is 6.36. The smallest absolute Gasteiger partial charge is 0.279 e. The number of aliphatic hydroxyl groups excluding tert-OH is 1. The molecule has 8 rings (SSSR count). The molecule has 0 spiro atoms. The lowest BCUT2D eigenvalue weighted by atomic mass is 9.80. The summed E-state index contributed by atoms with van der Waals surface area (Å²) in [6.07, 6.45) is 1.65. The molecule has 7 heteroatoms. The van der Waals surface area contributed by atoms with Gasteiger partial charge in [0.1, 0.15) is 5.75 Å². The van der Waals surface area contributed by atoms with E-state index in [1.165, 1.54) is 22.5 Å². The molecule has 6 nitrogen and oxygen atoms in total. The summed E-state index contributed by atoms with van der Waals surface area (Å²) in [6, 6.07) is 22.5. The first kappa shape index (κ1) is 21.8. The van der Waals surface area contributed by atoms with E-state index in [4.69, 9.17) is 4.74 Å². The highest BCUT2D eigenvalue weighted by Crippen LogP contribution is 2.47. The number of hydrogen-bond donors (Lipinski definition) is 2. The molecule has 4 aromatic carbocycles. The number of fused-ring (bicyclic) bond motifs is 11. The van der Waals surface area contributed by atoms with Crippen LogP contribution < -0.4 is 10.1 Å². The van der Waals surface area contributed by atoms with Crippen LogP contribution >= 0.6 is 11.3 Å². The van der Waals surface area contributed by atoms with E-state index in [9.17, 15) is 9.90 Å².